The molecule has 0 fully saturated rings. The van der Waals surface area contributed by atoms with Crippen LogP contribution in [0.2, 0.25) is 0 Å². The van der Waals surface area contributed by atoms with Crippen molar-refractivity contribution in [2.24, 2.45) is 0 Å². The molecular weight excluding hydrogens is 240 g/mol. The maximum Gasteiger partial charge on any atom is 0.0333 e. The second-order valence-corrected chi connectivity index (χ2v) is 4.10. The maximum absolute atomic E-state index is 5.56. The molecule has 0 nitrogen and oxygen atoms in total. The minimum atomic E-state index is 0.713. The Morgan fingerprint density at radius 2 is 0.950 bits per heavy atom. The lowest BCUT2D eigenvalue weighted by atomic mass is 9.93. The molecule has 0 N–H and O–H groups in total. The van der Waals surface area contributed by atoms with Gasteiger partial charge in [0.15, 0.2) is 0 Å². The minimum absolute atomic E-state index is 0.713. The highest BCUT2D eigenvalue weighted by Crippen LogP contribution is 2.28. The van der Waals surface area contributed by atoms with Crippen LogP contribution in [0.25, 0.3) is 11.1 Å². The summed E-state index contributed by atoms with van der Waals surface area (Å²) in [4.78, 5) is 0. The van der Waals surface area contributed by atoms with E-state index in [1.807, 2.05) is 24.3 Å². The molecular formula is C20H10. The van der Waals surface area contributed by atoms with Crippen molar-refractivity contribution in [3.8, 4) is 60.5 Å². The fourth-order valence-electron chi connectivity index (χ4n) is 1.98. The summed E-state index contributed by atoms with van der Waals surface area (Å²) in [5.41, 5.74) is 4.66. The highest BCUT2D eigenvalue weighted by molar-refractivity contribution is 5.77. The van der Waals surface area contributed by atoms with E-state index in [0.717, 1.165) is 22.3 Å². The van der Waals surface area contributed by atoms with Gasteiger partial charge < -0.3 is 0 Å². The first-order valence-corrected chi connectivity index (χ1v) is 5.88. The second kappa shape index (κ2) is 5.55. The average molecular weight is 250 g/mol. The Morgan fingerprint density at radius 3 is 1.25 bits per heavy atom. The van der Waals surface area contributed by atoms with Crippen LogP contribution in [0.3, 0.4) is 0 Å². The molecule has 0 aromatic heterocycles. The second-order valence-electron chi connectivity index (χ2n) is 4.10. The summed E-state index contributed by atoms with van der Waals surface area (Å²) in [5.74, 6) is 10.4. The van der Waals surface area contributed by atoms with Gasteiger partial charge in [0.25, 0.3) is 0 Å². The third-order valence-corrected chi connectivity index (χ3v) is 2.97. The summed E-state index contributed by atoms with van der Waals surface area (Å²) >= 11 is 0. The van der Waals surface area contributed by atoms with Gasteiger partial charge in [-0.15, -0.1) is 25.7 Å². The van der Waals surface area contributed by atoms with Crippen molar-refractivity contribution in [1.29, 1.82) is 0 Å². The standard InChI is InChI=1S/C20H10/c1-5-15-9-11-19(17(7-3)13-15)20-12-10-16(6-2)14-18(20)8-4/h1-4,9-14H. The lowest BCUT2D eigenvalue weighted by Gasteiger charge is -2.09. The van der Waals surface area contributed by atoms with E-state index in [0.29, 0.717) is 11.1 Å². The average Bonchev–Trinajstić information content (AvgIpc) is 2.53. The quantitative estimate of drug-likeness (QED) is 0.681. The Morgan fingerprint density at radius 1 is 0.550 bits per heavy atom. The van der Waals surface area contributed by atoms with Crippen LogP contribution in [-0.4, -0.2) is 0 Å². The number of hydrogen-bond donors (Lipinski definition) is 0. The van der Waals surface area contributed by atoms with E-state index in [2.05, 4.69) is 23.7 Å². The van der Waals surface area contributed by atoms with Crippen LogP contribution in [0.1, 0.15) is 22.3 Å². The Hall–Kier alpha value is -3.32. The van der Waals surface area contributed by atoms with Crippen LogP contribution in [-0.2, 0) is 0 Å². The van der Waals surface area contributed by atoms with Crippen molar-refractivity contribution in [2.45, 2.75) is 0 Å². The van der Waals surface area contributed by atoms with Gasteiger partial charge in [-0.05, 0) is 35.4 Å². The maximum atomic E-state index is 5.56. The highest BCUT2D eigenvalue weighted by atomic mass is 14.1. The van der Waals surface area contributed by atoms with E-state index in [4.69, 9.17) is 25.7 Å². The number of hydrogen-bond acceptors (Lipinski definition) is 0. The molecule has 0 heteroatoms. The Labute approximate surface area is 119 Å². The predicted molar refractivity (Wildman–Crippen MR) is 83.6 cm³/mol. The lowest BCUT2D eigenvalue weighted by molar-refractivity contribution is 1.53. The molecule has 0 saturated heterocycles. The molecule has 0 spiro atoms. The van der Waals surface area contributed by atoms with Gasteiger partial charge in [-0.3, -0.25) is 0 Å². The van der Waals surface area contributed by atoms with Crippen molar-refractivity contribution in [3.05, 3.63) is 58.7 Å². The monoisotopic (exact) mass is 250 g/mol. The summed E-state index contributed by atoms with van der Waals surface area (Å²) in [6.45, 7) is 0. The molecule has 20 heavy (non-hydrogen) atoms. The van der Waals surface area contributed by atoms with Gasteiger partial charge in [0.05, 0.1) is 0 Å². The normalized spacial score (nSPS) is 8.80. The van der Waals surface area contributed by atoms with Crippen molar-refractivity contribution in [1.82, 2.24) is 0 Å². The molecule has 0 aliphatic heterocycles. The lowest BCUT2D eigenvalue weighted by Crippen LogP contribution is -1.91. The van der Waals surface area contributed by atoms with Crippen molar-refractivity contribution >= 4 is 0 Å². The minimum Gasteiger partial charge on any atom is -0.115 e. The molecule has 90 valence electrons. The van der Waals surface area contributed by atoms with Crippen molar-refractivity contribution < 1.29 is 0 Å². The molecule has 0 unspecified atom stereocenters. The van der Waals surface area contributed by atoms with Gasteiger partial charge >= 0.3 is 0 Å². The van der Waals surface area contributed by atoms with Crippen LogP contribution in [0, 0.1) is 49.4 Å². The molecule has 0 bridgehead atoms. The first-order chi connectivity index (χ1) is 9.73. The van der Waals surface area contributed by atoms with Gasteiger partial charge in [0.2, 0.25) is 0 Å². The zero-order chi connectivity index (χ0) is 14.5. The Kier molecular flexibility index (Phi) is 3.64. The summed E-state index contributed by atoms with van der Waals surface area (Å²) < 4.78 is 0. The third kappa shape index (κ3) is 2.28. The van der Waals surface area contributed by atoms with Crippen LogP contribution in [0.5, 0.6) is 0 Å². The molecule has 2 aromatic rings. The van der Waals surface area contributed by atoms with Crippen molar-refractivity contribution in [2.75, 3.05) is 0 Å². The smallest absolute Gasteiger partial charge is 0.0333 e. The SMILES string of the molecule is C#Cc1ccc(-c2ccc(C#C)cc2C#C)c(C#C)c1. The molecule has 0 aliphatic rings. The number of benzene rings is 2. The number of terminal acetylenes is 4. The molecule has 0 heterocycles. The zero-order valence-corrected chi connectivity index (χ0v) is 10.8. The fourth-order valence-corrected chi connectivity index (χ4v) is 1.98. The van der Waals surface area contributed by atoms with Gasteiger partial charge in [0.1, 0.15) is 0 Å². The molecule has 0 atom stereocenters. The van der Waals surface area contributed by atoms with E-state index in [1.165, 1.54) is 0 Å². The van der Waals surface area contributed by atoms with Gasteiger partial charge in [0, 0.05) is 22.3 Å². The largest absolute Gasteiger partial charge is 0.115 e. The molecule has 0 amide bonds. The summed E-state index contributed by atoms with van der Waals surface area (Å²) in [6, 6.07) is 11.0. The topological polar surface area (TPSA) is 0 Å². The van der Waals surface area contributed by atoms with Crippen molar-refractivity contribution in [3.63, 3.8) is 0 Å². The first-order valence-electron chi connectivity index (χ1n) is 5.88. The van der Waals surface area contributed by atoms with Crippen LogP contribution in [0.15, 0.2) is 36.4 Å². The number of rotatable bonds is 1. The highest BCUT2D eigenvalue weighted by Gasteiger charge is 2.08. The molecule has 0 aliphatic carbocycles. The van der Waals surface area contributed by atoms with Crippen LogP contribution >= 0.6 is 0 Å². The molecule has 2 aromatic carbocycles. The Balaban J connectivity index is 2.71. The predicted octanol–water partition coefficient (Wildman–Crippen LogP) is 3.28. The third-order valence-electron chi connectivity index (χ3n) is 2.97. The van der Waals surface area contributed by atoms with Gasteiger partial charge in [-0.25, -0.2) is 0 Å². The van der Waals surface area contributed by atoms with E-state index >= 15 is 0 Å². The van der Waals surface area contributed by atoms with Gasteiger partial charge in [-0.2, -0.15) is 0 Å². The van der Waals surface area contributed by atoms with Gasteiger partial charge in [-0.1, -0.05) is 35.8 Å². The van der Waals surface area contributed by atoms with E-state index in [-0.39, 0.29) is 0 Å². The van der Waals surface area contributed by atoms with Crippen LogP contribution < -0.4 is 0 Å². The summed E-state index contributed by atoms with van der Waals surface area (Å²) in [6.07, 6.45) is 21.9. The van der Waals surface area contributed by atoms with Crippen LogP contribution in [0.4, 0.5) is 0 Å². The van der Waals surface area contributed by atoms with E-state index in [9.17, 15) is 0 Å². The van der Waals surface area contributed by atoms with E-state index in [1.54, 1.807) is 12.1 Å². The molecule has 0 saturated carbocycles. The van der Waals surface area contributed by atoms with E-state index < -0.39 is 0 Å². The zero-order valence-electron chi connectivity index (χ0n) is 10.8. The summed E-state index contributed by atoms with van der Waals surface area (Å²) in [5, 5.41) is 0. The Bertz CT molecular complexity index is 764. The molecule has 2 rings (SSSR count). The fraction of sp³-hybridized carbons (Fsp3) is 0. The first kappa shape index (κ1) is 13.1. The summed E-state index contributed by atoms with van der Waals surface area (Å²) in [7, 11) is 0. The molecule has 0 radical (unpaired) electrons.